The molecule has 0 atom stereocenters. The van der Waals surface area contributed by atoms with Gasteiger partial charge in [-0.1, -0.05) is 115 Å². The standard InChI is InChI=1S/C28H20N4.C18H15N/c29-27-18-25(23-5-1-3-21(15-23)19-7-11-31-12-8-19)17-26(28(27)30)24-6-2-4-22(16-24)20-9-13-32-14-10-20;19-18-16(14-8-3-1-4-9-14)12-7-13-17(18)15-10-5-2-6-11-15/h1-18,29-30H;1-13H,19H2. The van der Waals surface area contributed by atoms with Gasteiger partial charge >= 0.3 is 0 Å². The van der Waals surface area contributed by atoms with Crippen molar-refractivity contribution in [1.82, 2.24) is 9.97 Å². The highest BCUT2D eigenvalue weighted by Crippen LogP contribution is 2.35. The highest BCUT2D eigenvalue weighted by atomic mass is 14.6. The van der Waals surface area contributed by atoms with Crippen molar-refractivity contribution in [3.05, 3.63) is 200 Å². The first-order valence-corrected chi connectivity index (χ1v) is 16.7. The van der Waals surface area contributed by atoms with Crippen LogP contribution in [0.15, 0.2) is 189 Å². The van der Waals surface area contributed by atoms with Gasteiger partial charge in [-0.25, -0.2) is 0 Å². The van der Waals surface area contributed by atoms with Crippen LogP contribution < -0.4 is 5.73 Å². The summed E-state index contributed by atoms with van der Waals surface area (Å²) in [7, 11) is 0. The lowest BCUT2D eigenvalue weighted by atomic mass is 9.86. The molecule has 0 saturated heterocycles. The Labute approximate surface area is 298 Å². The van der Waals surface area contributed by atoms with Crippen LogP contribution in [0.1, 0.15) is 11.1 Å². The fourth-order valence-corrected chi connectivity index (χ4v) is 6.17. The zero-order valence-corrected chi connectivity index (χ0v) is 27.9. The number of allylic oxidation sites excluding steroid dienone is 4. The van der Waals surface area contributed by atoms with E-state index >= 15 is 0 Å². The molecule has 1 aliphatic carbocycles. The van der Waals surface area contributed by atoms with Crippen LogP contribution >= 0.6 is 0 Å². The van der Waals surface area contributed by atoms with E-state index in [4.69, 9.17) is 16.6 Å². The number of para-hydroxylation sites is 1. The number of pyridine rings is 2. The smallest absolute Gasteiger partial charge is 0.0867 e. The summed E-state index contributed by atoms with van der Waals surface area (Å²) in [6.45, 7) is 0. The minimum Gasteiger partial charge on any atom is -0.398 e. The number of aromatic nitrogens is 2. The average molecular weight is 658 g/mol. The fourth-order valence-electron chi connectivity index (χ4n) is 6.17. The number of hydrogen-bond donors (Lipinski definition) is 3. The number of benzene rings is 5. The van der Waals surface area contributed by atoms with Crippen molar-refractivity contribution >= 4 is 28.3 Å². The van der Waals surface area contributed by atoms with Gasteiger partial charge in [0, 0.05) is 47.2 Å². The van der Waals surface area contributed by atoms with E-state index in [1.807, 2.05) is 97.1 Å². The number of nitrogens with two attached hydrogens (primary N) is 1. The molecule has 1 aliphatic rings. The van der Waals surface area contributed by atoms with E-state index in [2.05, 4.69) is 70.6 Å². The molecule has 8 rings (SSSR count). The highest BCUT2D eigenvalue weighted by Gasteiger charge is 2.19. The highest BCUT2D eigenvalue weighted by molar-refractivity contribution is 6.61. The van der Waals surface area contributed by atoms with Crippen molar-refractivity contribution in [3.63, 3.8) is 0 Å². The molecule has 7 aromatic rings. The topological polar surface area (TPSA) is 99.5 Å². The lowest BCUT2D eigenvalue weighted by Crippen LogP contribution is -2.15. The molecule has 0 spiro atoms. The van der Waals surface area contributed by atoms with E-state index in [0.29, 0.717) is 0 Å². The monoisotopic (exact) mass is 657 g/mol. The zero-order chi connectivity index (χ0) is 35.0. The molecule has 5 nitrogen and oxygen atoms in total. The molecule has 244 valence electrons. The van der Waals surface area contributed by atoms with E-state index in [0.717, 1.165) is 72.5 Å². The van der Waals surface area contributed by atoms with Crippen molar-refractivity contribution in [2.75, 3.05) is 5.73 Å². The van der Waals surface area contributed by atoms with E-state index in [9.17, 15) is 0 Å². The van der Waals surface area contributed by atoms with Crippen molar-refractivity contribution < 1.29 is 0 Å². The summed E-state index contributed by atoms with van der Waals surface area (Å²) in [6, 6.07) is 50.9. The van der Waals surface area contributed by atoms with Gasteiger partial charge in [0.15, 0.2) is 0 Å². The first-order chi connectivity index (χ1) is 25.0. The van der Waals surface area contributed by atoms with E-state index in [1.165, 1.54) is 0 Å². The molecule has 0 radical (unpaired) electrons. The van der Waals surface area contributed by atoms with Gasteiger partial charge in [0.05, 0.1) is 11.4 Å². The third-order valence-corrected chi connectivity index (χ3v) is 8.81. The summed E-state index contributed by atoms with van der Waals surface area (Å²) in [6.07, 6.45) is 10.9. The minimum atomic E-state index is 0.209. The van der Waals surface area contributed by atoms with Crippen molar-refractivity contribution in [1.29, 1.82) is 10.8 Å². The molecule has 0 bridgehead atoms. The van der Waals surface area contributed by atoms with Gasteiger partial charge in [0.1, 0.15) is 0 Å². The Morgan fingerprint density at radius 1 is 0.392 bits per heavy atom. The third-order valence-electron chi connectivity index (χ3n) is 8.81. The van der Waals surface area contributed by atoms with Gasteiger partial charge in [-0.05, 0) is 98.6 Å². The van der Waals surface area contributed by atoms with Crippen LogP contribution in [-0.2, 0) is 0 Å². The Kier molecular flexibility index (Phi) is 9.62. The van der Waals surface area contributed by atoms with E-state index < -0.39 is 0 Å². The van der Waals surface area contributed by atoms with Crippen LogP contribution in [0.4, 0.5) is 5.69 Å². The summed E-state index contributed by atoms with van der Waals surface area (Å²) in [5, 5.41) is 17.0. The lowest BCUT2D eigenvalue weighted by Gasteiger charge is -2.18. The third kappa shape index (κ3) is 7.38. The predicted molar refractivity (Wildman–Crippen MR) is 212 cm³/mol. The average Bonchev–Trinajstić information content (AvgIpc) is 3.20. The Morgan fingerprint density at radius 2 is 0.824 bits per heavy atom. The quantitative estimate of drug-likeness (QED) is 0.123. The van der Waals surface area contributed by atoms with Gasteiger partial charge in [-0.2, -0.15) is 0 Å². The second-order valence-electron chi connectivity index (χ2n) is 12.1. The summed E-state index contributed by atoms with van der Waals surface area (Å²) >= 11 is 0. The van der Waals surface area contributed by atoms with Gasteiger partial charge in [-0.15, -0.1) is 0 Å². The van der Waals surface area contributed by atoms with E-state index in [1.54, 1.807) is 30.9 Å². The zero-order valence-electron chi connectivity index (χ0n) is 27.9. The van der Waals surface area contributed by atoms with E-state index in [-0.39, 0.29) is 11.4 Å². The predicted octanol–water partition coefficient (Wildman–Crippen LogP) is 10.9. The van der Waals surface area contributed by atoms with Gasteiger partial charge in [-0.3, -0.25) is 20.8 Å². The van der Waals surface area contributed by atoms with Crippen molar-refractivity contribution in [3.8, 4) is 44.5 Å². The Hall–Kier alpha value is -6.98. The van der Waals surface area contributed by atoms with Crippen LogP contribution in [0, 0.1) is 10.8 Å². The van der Waals surface area contributed by atoms with Crippen LogP contribution in [0.25, 0.3) is 55.7 Å². The maximum Gasteiger partial charge on any atom is 0.0867 e. The molecule has 0 aliphatic heterocycles. The summed E-state index contributed by atoms with van der Waals surface area (Å²) < 4.78 is 0. The maximum absolute atomic E-state index is 8.54. The molecule has 0 unspecified atom stereocenters. The number of nitrogen functional groups attached to an aromatic ring is 1. The number of hydrogen-bond acceptors (Lipinski definition) is 5. The van der Waals surface area contributed by atoms with Crippen LogP contribution in [0.2, 0.25) is 0 Å². The molecule has 2 heterocycles. The normalized spacial score (nSPS) is 12.3. The summed E-state index contributed by atoms with van der Waals surface area (Å²) in [5.74, 6) is 0. The van der Waals surface area contributed by atoms with Crippen LogP contribution in [0.5, 0.6) is 0 Å². The molecule has 4 N–H and O–H groups in total. The second-order valence-corrected chi connectivity index (χ2v) is 12.1. The number of nitrogens with zero attached hydrogens (tertiary/aromatic N) is 2. The van der Waals surface area contributed by atoms with Crippen LogP contribution in [-0.4, -0.2) is 21.4 Å². The molecular formula is C46H35N5. The minimum absolute atomic E-state index is 0.209. The largest absolute Gasteiger partial charge is 0.398 e. The maximum atomic E-state index is 8.54. The molecule has 5 heteroatoms. The SMILES string of the molecule is N=C1C=C(c2cccc(-c3ccncc3)c2)C=C(c2cccc(-c3ccncc3)c2)C1=N.Nc1c(-c2ccccc2)cccc1-c1ccccc1. The van der Waals surface area contributed by atoms with Gasteiger partial charge < -0.3 is 5.73 Å². The lowest BCUT2D eigenvalue weighted by molar-refractivity contribution is 1.33. The molecule has 0 saturated carbocycles. The molecule has 51 heavy (non-hydrogen) atoms. The number of rotatable bonds is 6. The second kappa shape index (κ2) is 15.1. The Balaban J connectivity index is 0.000000182. The van der Waals surface area contributed by atoms with Crippen LogP contribution in [0.3, 0.4) is 0 Å². The van der Waals surface area contributed by atoms with Gasteiger partial charge in [0.2, 0.25) is 0 Å². The number of anilines is 1. The molecular weight excluding hydrogens is 623 g/mol. The molecule has 2 aromatic heterocycles. The molecule has 5 aromatic carbocycles. The Morgan fingerprint density at radius 3 is 1.35 bits per heavy atom. The molecule has 0 amide bonds. The first kappa shape index (κ1) is 32.6. The van der Waals surface area contributed by atoms with Gasteiger partial charge in [0.25, 0.3) is 0 Å². The summed E-state index contributed by atoms with van der Waals surface area (Å²) in [4.78, 5) is 8.19. The molecule has 0 fully saturated rings. The van der Waals surface area contributed by atoms with Crippen molar-refractivity contribution in [2.45, 2.75) is 0 Å². The first-order valence-electron chi connectivity index (χ1n) is 16.7. The Bertz CT molecular complexity index is 2320. The van der Waals surface area contributed by atoms with Crippen molar-refractivity contribution in [2.24, 2.45) is 0 Å². The number of nitrogens with one attached hydrogen (secondary N) is 2. The fraction of sp³-hybridized carbons (Fsp3) is 0. The summed E-state index contributed by atoms with van der Waals surface area (Å²) in [5.41, 5.74) is 20.0.